The number of hydrogen-bond donors (Lipinski definition) is 2. The number of aryl methyl sites for hydroxylation is 1. The molecule has 5 heteroatoms. The Morgan fingerprint density at radius 1 is 1.20 bits per heavy atom. The molecule has 2 aromatic heterocycles. The number of anilines is 2. The van der Waals surface area contributed by atoms with Gasteiger partial charge in [-0.25, -0.2) is 4.98 Å². The Morgan fingerprint density at radius 3 is 3.00 bits per heavy atom. The third kappa shape index (κ3) is 2.56. The Hall–Kier alpha value is -2.56. The highest BCUT2D eigenvalue weighted by molar-refractivity contribution is 5.96. The minimum Gasteiger partial charge on any atom is -0.397 e. The second-order valence-corrected chi connectivity index (χ2v) is 4.68. The lowest BCUT2D eigenvalue weighted by molar-refractivity contribution is 0.661. The highest BCUT2D eigenvalue weighted by Crippen LogP contribution is 2.27. The monoisotopic (exact) mass is 267 g/mol. The number of pyridine rings is 1. The van der Waals surface area contributed by atoms with Crippen LogP contribution in [0.5, 0.6) is 0 Å². The van der Waals surface area contributed by atoms with Crippen LogP contribution in [-0.2, 0) is 6.54 Å². The van der Waals surface area contributed by atoms with Crippen molar-refractivity contribution in [3.63, 3.8) is 0 Å². The molecule has 102 valence electrons. The number of hydrogen-bond acceptors (Lipinski definition) is 4. The SMILES string of the molecule is Nc1c(NCCCn2ccnc2)ccc2ncccc12. The van der Waals surface area contributed by atoms with Crippen LogP contribution in [0.4, 0.5) is 11.4 Å². The van der Waals surface area contributed by atoms with Crippen molar-refractivity contribution in [2.45, 2.75) is 13.0 Å². The summed E-state index contributed by atoms with van der Waals surface area (Å²) >= 11 is 0. The van der Waals surface area contributed by atoms with Crippen LogP contribution in [-0.4, -0.2) is 21.1 Å². The van der Waals surface area contributed by atoms with E-state index in [-0.39, 0.29) is 0 Å². The number of nitrogens with one attached hydrogen (secondary N) is 1. The highest BCUT2D eigenvalue weighted by Gasteiger charge is 2.04. The zero-order chi connectivity index (χ0) is 13.8. The molecular formula is C15H17N5. The smallest absolute Gasteiger partial charge is 0.0945 e. The number of nitrogens with two attached hydrogens (primary N) is 1. The summed E-state index contributed by atoms with van der Waals surface area (Å²) in [6.07, 6.45) is 8.38. The van der Waals surface area contributed by atoms with Crippen molar-refractivity contribution in [2.24, 2.45) is 0 Å². The number of fused-ring (bicyclic) bond motifs is 1. The molecule has 0 aliphatic carbocycles. The second-order valence-electron chi connectivity index (χ2n) is 4.68. The van der Waals surface area contributed by atoms with E-state index < -0.39 is 0 Å². The second kappa shape index (κ2) is 5.61. The van der Waals surface area contributed by atoms with Gasteiger partial charge in [0.1, 0.15) is 0 Å². The van der Waals surface area contributed by atoms with E-state index in [0.717, 1.165) is 41.8 Å². The lowest BCUT2D eigenvalue weighted by Crippen LogP contribution is -2.07. The van der Waals surface area contributed by atoms with Crippen molar-refractivity contribution in [1.82, 2.24) is 14.5 Å². The Labute approximate surface area is 117 Å². The molecule has 0 saturated carbocycles. The summed E-state index contributed by atoms with van der Waals surface area (Å²) in [4.78, 5) is 8.32. The van der Waals surface area contributed by atoms with Crippen LogP contribution >= 0.6 is 0 Å². The van der Waals surface area contributed by atoms with Crippen LogP contribution < -0.4 is 11.1 Å². The van der Waals surface area contributed by atoms with Crippen LogP contribution in [0.15, 0.2) is 49.2 Å². The number of nitrogen functional groups attached to an aromatic ring is 1. The Bertz CT molecular complexity index is 691. The van der Waals surface area contributed by atoms with Crippen LogP contribution in [0.1, 0.15) is 6.42 Å². The first-order valence-corrected chi connectivity index (χ1v) is 6.67. The molecule has 5 nitrogen and oxygen atoms in total. The molecule has 0 fully saturated rings. The molecule has 3 aromatic rings. The number of rotatable bonds is 5. The first kappa shape index (κ1) is 12.5. The van der Waals surface area contributed by atoms with Crippen molar-refractivity contribution in [1.29, 1.82) is 0 Å². The minimum absolute atomic E-state index is 0.762. The van der Waals surface area contributed by atoms with E-state index in [2.05, 4.69) is 19.9 Å². The summed E-state index contributed by atoms with van der Waals surface area (Å²) in [7, 11) is 0. The zero-order valence-electron chi connectivity index (χ0n) is 11.2. The summed E-state index contributed by atoms with van der Waals surface area (Å²) in [5.74, 6) is 0. The van der Waals surface area contributed by atoms with Gasteiger partial charge in [0.15, 0.2) is 0 Å². The van der Waals surface area contributed by atoms with Crippen LogP contribution in [0.3, 0.4) is 0 Å². The van der Waals surface area contributed by atoms with Gasteiger partial charge in [0.05, 0.1) is 23.2 Å². The first-order valence-electron chi connectivity index (χ1n) is 6.67. The van der Waals surface area contributed by atoms with Gasteiger partial charge in [-0.2, -0.15) is 0 Å². The van der Waals surface area contributed by atoms with Gasteiger partial charge in [0.2, 0.25) is 0 Å². The van der Waals surface area contributed by atoms with Crippen molar-refractivity contribution >= 4 is 22.3 Å². The molecule has 0 bridgehead atoms. The maximum atomic E-state index is 6.18. The highest BCUT2D eigenvalue weighted by atomic mass is 15.0. The van der Waals surface area contributed by atoms with Gasteiger partial charge in [0.25, 0.3) is 0 Å². The molecule has 2 heterocycles. The van der Waals surface area contributed by atoms with Crippen molar-refractivity contribution in [3.8, 4) is 0 Å². The molecule has 0 saturated heterocycles. The summed E-state index contributed by atoms with van der Waals surface area (Å²) in [5.41, 5.74) is 8.83. The minimum atomic E-state index is 0.762. The third-order valence-electron chi connectivity index (χ3n) is 3.29. The van der Waals surface area contributed by atoms with Gasteiger partial charge < -0.3 is 15.6 Å². The van der Waals surface area contributed by atoms with Crippen LogP contribution in [0.2, 0.25) is 0 Å². The summed E-state index contributed by atoms with van der Waals surface area (Å²) in [5, 5.41) is 4.37. The molecule has 20 heavy (non-hydrogen) atoms. The number of imidazole rings is 1. The molecule has 0 unspecified atom stereocenters. The lowest BCUT2D eigenvalue weighted by Gasteiger charge is -2.11. The standard InChI is InChI=1S/C15H17N5/c16-15-12-3-1-6-18-13(12)4-5-14(15)19-7-2-9-20-10-8-17-11-20/h1,3-6,8,10-11,19H,2,7,9,16H2. The fourth-order valence-electron chi connectivity index (χ4n) is 2.23. The molecular weight excluding hydrogens is 250 g/mol. The fourth-order valence-corrected chi connectivity index (χ4v) is 2.23. The van der Waals surface area contributed by atoms with Gasteiger partial charge in [-0.1, -0.05) is 0 Å². The Kier molecular flexibility index (Phi) is 3.50. The van der Waals surface area contributed by atoms with E-state index in [9.17, 15) is 0 Å². The van der Waals surface area contributed by atoms with E-state index in [4.69, 9.17) is 5.73 Å². The summed E-state index contributed by atoms with van der Waals surface area (Å²) in [6, 6.07) is 7.88. The predicted molar refractivity (Wildman–Crippen MR) is 81.5 cm³/mol. The molecule has 0 radical (unpaired) electrons. The van der Waals surface area contributed by atoms with E-state index in [1.54, 1.807) is 12.4 Å². The van der Waals surface area contributed by atoms with Gasteiger partial charge in [0, 0.05) is 37.1 Å². The van der Waals surface area contributed by atoms with Crippen LogP contribution in [0.25, 0.3) is 10.9 Å². The molecule has 0 atom stereocenters. The molecule has 1 aromatic carbocycles. The number of aromatic nitrogens is 3. The predicted octanol–water partition coefficient (Wildman–Crippen LogP) is 2.52. The van der Waals surface area contributed by atoms with Gasteiger partial charge in [-0.15, -0.1) is 0 Å². The quantitative estimate of drug-likeness (QED) is 0.550. The molecule has 3 rings (SSSR count). The topological polar surface area (TPSA) is 68.8 Å². The van der Waals surface area contributed by atoms with Crippen molar-refractivity contribution in [3.05, 3.63) is 49.2 Å². The molecule has 0 spiro atoms. The maximum Gasteiger partial charge on any atom is 0.0945 e. The largest absolute Gasteiger partial charge is 0.397 e. The Balaban J connectivity index is 1.64. The number of benzene rings is 1. The van der Waals surface area contributed by atoms with Gasteiger partial charge in [-0.05, 0) is 30.7 Å². The first-order chi connectivity index (χ1) is 9.84. The average Bonchev–Trinajstić information content (AvgIpc) is 2.99. The number of nitrogens with zero attached hydrogens (tertiary/aromatic N) is 3. The normalized spacial score (nSPS) is 10.8. The van der Waals surface area contributed by atoms with Crippen molar-refractivity contribution < 1.29 is 0 Å². The van der Waals surface area contributed by atoms with E-state index in [1.165, 1.54) is 0 Å². The molecule has 0 aliphatic heterocycles. The van der Waals surface area contributed by atoms with Crippen molar-refractivity contribution in [2.75, 3.05) is 17.6 Å². The lowest BCUT2D eigenvalue weighted by atomic mass is 10.1. The fraction of sp³-hybridized carbons (Fsp3) is 0.200. The third-order valence-corrected chi connectivity index (χ3v) is 3.29. The molecule has 3 N–H and O–H groups in total. The van der Waals surface area contributed by atoms with Crippen LogP contribution in [0, 0.1) is 0 Å². The molecule has 0 amide bonds. The van der Waals surface area contributed by atoms with Gasteiger partial charge in [-0.3, -0.25) is 4.98 Å². The summed E-state index contributed by atoms with van der Waals surface area (Å²) in [6.45, 7) is 1.82. The van der Waals surface area contributed by atoms with Gasteiger partial charge >= 0.3 is 0 Å². The maximum absolute atomic E-state index is 6.18. The zero-order valence-corrected chi connectivity index (χ0v) is 11.2. The average molecular weight is 267 g/mol. The molecule has 0 aliphatic rings. The Morgan fingerprint density at radius 2 is 2.15 bits per heavy atom. The van der Waals surface area contributed by atoms with E-state index >= 15 is 0 Å². The summed E-state index contributed by atoms with van der Waals surface area (Å²) < 4.78 is 2.06. The van der Waals surface area contributed by atoms with E-state index in [1.807, 2.05) is 36.8 Å². The van der Waals surface area contributed by atoms with E-state index in [0.29, 0.717) is 0 Å².